The van der Waals surface area contributed by atoms with Crippen molar-refractivity contribution in [2.45, 2.75) is 65.0 Å². The predicted octanol–water partition coefficient (Wildman–Crippen LogP) is 4.42. The molecule has 0 spiro atoms. The van der Waals surface area contributed by atoms with Gasteiger partial charge in [-0.1, -0.05) is 44.2 Å². The molecule has 1 atom stereocenters. The van der Waals surface area contributed by atoms with Crippen LogP contribution in [0.15, 0.2) is 6.20 Å². The van der Waals surface area contributed by atoms with Crippen LogP contribution in [0.1, 0.15) is 64.1 Å². The highest BCUT2D eigenvalue weighted by molar-refractivity contribution is 6.31. The Kier molecular flexibility index (Phi) is 5.91. The van der Waals surface area contributed by atoms with E-state index in [-0.39, 0.29) is 0 Å². The minimum absolute atomic E-state index is 0.340. The minimum atomic E-state index is 0.340. The maximum Gasteiger partial charge on any atom is 0.0834 e. The zero-order chi connectivity index (χ0) is 14.5. The quantitative estimate of drug-likeness (QED) is 0.842. The van der Waals surface area contributed by atoms with Crippen LogP contribution in [0.3, 0.4) is 0 Å². The van der Waals surface area contributed by atoms with Crippen molar-refractivity contribution in [3.63, 3.8) is 0 Å². The van der Waals surface area contributed by atoms with E-state index in [1.165, 1.54) is 44.2 Å². The highest BCUT2D eigenvalue weighted by atomic mass is 35.5. The fourth-order valence-electron chi connectivity index (χ4n) is 3.75. The number of hydrogen-bond donors (Lipinski definition) is 1. The van der Waals surface area contributed by atoms with E-state index in [2.05, 4.69) is 24.3 Å². The molecule has 1 saturated carbocycles. The van der Waals surface area contributed by atoms with Crippen molar-refractivity contribution in [2.75, 3.05) is 7.05 Å². The molecule has 1 aromatic rings. The van der Waals surface area contributed by atoms with E-state index in [9.17, 15) is 0 Å². The molecule has 1 fully saturated rings. The summed E-state index contributed by atoms with van der Waals surface area (Å²) in [5.74, 6) is 1.63. The third-order valence-electron chi connectivity index (χ3n) is 4.80. The molecule has 1 aliphatic carbocycles. The van der Waals surface area contributed by atoms with Crippen molar-refractivity contribution < 1.29 is 0 Å². The summed E-state index contributed by atoms with van der Waals surface area (Å²) in [6.07, 6.45) is 9.85. The van der Waals surface area contributed by atoms with Gasteiger partial charge in [0, 0.05) is 6.54 Å². The van der Waals surface area contributed by atoms with Gasteiger partial charge in [0.15, 0.2) is 0 Å². The van der Waals surface area contributed by atoms with E-state index in [4.69, 9.17) is 11.6 Å². The standard InChI is InChI=1S/C16H28ClN3/c1-4-6-12-7-9-13(10-8-12)15(18-3)16-14(17)11-19-20(16)5-2/h11-13,15,18H,4-10H2,1-3H3. The molecule has 3 nitrogen and oxygen atoms in total. The lowest BCUT2D eigenvalue weighted by Gasteiger charge is -2.34. The molecule has 1 aliphatic rings. The lowest BCUT2D eigenvalue weighted by Crippen LogP contribution is -2.31. The van der Waals surface area contributed by atoms with Gasteiger partial charge in [0.1, 0.15) is 0 Å². The van der Waals surface area contributed by atoms with Crippen LogP contribution in [0.4, 0.5) is 0 Å². The Labute approximate surface area is 128 Å². The van der Waals surface area contributed by atoms with Gasteiger partial charge in [0.25, 0.3) is 0 Å². The van der Waals surface area contributed by atoms with Crippen molar-refractivity contribution >= 4 is 11.6 Å². The monoisotopic (exact) mass is 297 g/mol. The van der Waals surface area contributed by atoms with Crippen LogP contribution < -0.4 is 5.32 Å². The van der Waals surface area contributed by atoms with Crippen molar-refractivity contribution in [3.8, 4) is 0 Å². The largest absolute Gasteiger partial charge is 0.311 e. The fraction of sp³-hybridized carbons (Fsp3) is 0.812. The molecule has 0 bridgehead atoms. The summed E-state index contributed by atoms with van der Waals surface area (Å²) in [5.41, 5.74) is 1.18. The molecule has 114 valence electrons. The van der Waals surface area contributed by atoms with Crippen LogP contribution in [-0.4, -0.2) is 16.8 Å². The van der Waals surface area contributed by atoms with Gasteiger partial charge in [-0.2, -0.15) is 5.10 Å². The Balaban J connectivity index is 2.07. The van der Waals surface area contributed by atoms with Crippen LogP contribution in [0, 0.1) is 11.8 Å². The molecule has 20 heavy (non-hydrogen) atoms. The summed E-state index contributed by atoms with van der Waals surface area (Å²) in [6, 6.07) is 0.340. The van der Waals surface area contributed by atoms with Gasteiger partial charge in [-0.15, -0.1) is 0 Å². The summed E-state index contributed by atoms with van der Waals surface area (Å²) in [7, 11) is 2.05. The molecule has 0 aromatic carbocycles. The summed E-state index contributed by atoms with van der Waals surface area (Å²) in [5, 5.41) is 8.69. The molecule has 1 unspecified atom stereocenters. The molecular weight excluding hydrogens is 270 g/mol. The first-order valence-corrected chi connectivity index (χ1v) is 8.47. The molecule has 1 N–H and O–H groups in total. The van der Waals surface area contributed by atoms with Gasteiger partial charge in [-0.25, -0.2) is 0 Å². The summed E-state index contributed by atoms with van der Waals surface area (Å²) in [6.45, 7) is 5.30. The molecule has 1 aromatic heterocycles. The molecule has 1 heterocycles. The van der Waals surface area contributed by atoms with Gasteiger partial charge >= 0.3 is 0 Å². The third-order valence-corrected chi connectivity index (χ3v) is 5.09. The molecule has 0 aliphatic heterocycles. The predicted molar refractivity (Wildman–Crippen MR) is 85.1 cm³/mol. The van der Waals surface area contributed by atoms with E-state index in [1.54, 1.807) is 6.20 Å². The first-order valence-electron chi connectivity index (χ1n) is 8.09. The Morgan fingerprint density at radius 2 is 2.05 bits per heavy atom. The number of halogens is 1. The number of aromatic nitrogens is 2. The van der Waals surface area contributed by atoms with Gasteiger partial charge in [0.05, 0.1) is 23.0 Å². The zero-order valence-corrected chi connectivity index (χ0v) is 13.8. The summed E-state index contributed by atoms with van der Waals surface area (Å²) >= 11 is 6.37. The van der Waals surface area contributed by atoms with E-state index in [0.29, 0.717) is 12.0 Å². The molecule has 0 amide bonds. The van der Waals surface area contributed by atoms with E-state index >= 15 is 0 Å². The first-order chi connectivity index (χ1) is 9.71. The van der Waals surface area contributed by atoms with Gasteiger partial charge < -0.3 is 5.32 Å². The average molecular weight is 298 g/mol. The smallest absolute Gasteiger partial charge is 0.0834 e. The normalized spacial score (nSPS) is 24.8. The lowest BCUT2D eigenvalue weighted by atomic mass is 9.76. The second-order valence-corrected chi connectivity index (χ2v) is 6.44. The number of aryl methyl sites for hydroxylation is 1. The fourth-order valence-corrected chi connectivity index (χ4v) is 4.01. The second-order valence-electron chi connectivity index (χ2n) is 6.03. The summed E-state index contributed by atoms with van der Waals surface area (Å²) in [4.78, 5) is 0. The Morgan fingerprint density at radius 3 is 2.60 bits per heavy atom. The number of nitrogens with one attached hydrogen (secondary N) is 1. The van der Waals surface area contributed by atoms with Gasteiger partial charge in [-0.3, -0.25) is 4.68 Å². The van der Waals surface area contributed by atoms with Crippen LogP contribution in [0.2, 0.25) is 5.02 Å². The Hall–Kier alpha value is -0.540. The summed E-state index contributed by atoms with van der Waals surface area (Å²) < 4.78 is 2.04. The maximum atomic E-state index is 6.37. The lowest BCUT2D eigenvalue weighted by molar-refractivity contribution is 0.214. The molecule has 2 rings (SSSR count). The molecule has 4 heteroatoms. The minimum Gasteiger partial charge on any atom is -0.311 e. The topological polar surface area (TPSA) is 29.9 Å². The van der Waals surface area contributed by atoms with Crippen molar-refractivity contribution in [2.24, 2.45) is 11.8 Å². The van der Waals surface area contributed by atoms with Crippen LogP contribution >= 0.6 is 11.6 Å². The Bertz CT molecular complexity index is 408. The van der Waals surface area contributed by atoms with Crippen LogP contribution in [0.25, 0.3) is 0 Å². The average Bonchev–Trinajstić information content (AvgIpc) is 2.83. The first kappa shape index (κ1) is 15.8. The zero-order valence-electron chi connectivity index (χ0n) is 13.0. The van der Waals surface area contributed by atoms with E-state index < -0.39 is 0 Å². The highest BCUT2D eigenvalue weighted by Crippen LogP contribution is 2.39. The van der Waals surface area contributed by atoms with Crippen LogP contribution in [0.5, 0.6) is 0 Å². The third kappa shape index (κ3) is 3.37. The van der Waals surface area contributed by atoms with E-state index in [0.717, 1.165) is 17.5 Å². The van der Waals surface area contributed by atoms with Crippen molar-refractivity contribution in [1.82, 2.24) is 15.1 Å². The van der Waals surface area contributed by atoms with Gasteiger partial charge in [-0.05, 0) is 38.6 Å². The second kappa shape index (κ2) is 7.46. The maximum absolute atomic E-state index is 6.37. The Morgan fingerprint density at radius 1 is 1.35 bits per heavy atom. The number of nitrogens with zero attached hydrogens (tertiary/aromatic N) is 2. The number of rotatable bonds is 6. The van der Waals surface area contributed by atoms with E-state index in [1.807, 2.05) is 11.7 Å². The van der Waals surface area contributed by atoms with Crippen molar-refractivity contribution in [3.05, 3.63) is 16.9 Å². The number of hydrogen-bond acceptors (Lipinski definition) is 2. The molecule has 0 radical (unpaired) electrons. The molecular formula is C16H28ClN3. The van der Waals surface area contributed by atoms with Crippen molar-refractivity contribution in [1.29, 1.82) is 0 Å². The van der Waals surface area contributed by atoms with Gasteiger partial charge in [0.2, 0.25) is 0 Å². The molecule has 0 saturated heterocycles. The highest BCUT2D eigenvalue weighted by Gasteiger charge is 2.30. The SMILES string of the molecule is CCCC1CCC(C(NC)c2c(Cl)cnn2CC)CC1. The van der Waals surface area contributed by atoms with Crippen LogP contribution in [-0.2, 0) is 6.54 Å².